The van der Waals surface area contributed by atoms with E-state index in [4.69, 9.17) is 0 Å². The summed E-state index contributed by atoms with van der Waals surface area (Å²) in [5, 5.41) is 0. The quantitative estimate of drug-likeness (QED) is 0.543. The molecule has 80 valence electrons. The molecule has 0 fully saturated rings. The Bertz CT molecular complexity index is 239. The minimum Gasteiger partial charge on any atom is -0.452 e. The van der Waals surface area contributed by atoms with E-state index in [-0.39, 0.29) is 30.5 Å². The van der Waals surface area contributed by atoms with Crippen LogP contribution in [0.25, 0.3) is 0 Å². The number of thioether (sulfide) groups is 1. The van der Waals surface area contributed by atoms with Crippen molar-refractivity contribution in [3.63, 3.8) is 0 Å². The van der Waals surface area contributed by atoms with Crippen molar-refractivity contribution in [2.24, 2.45) is 0 Å². The van der Waals surface area contributed by atoms with Gasteiger partial charge < -0.3 is 4.74 Å². The lowest BCUT2D eigenvalue weighted by Gasteiger charge is -2.04. The molecule has 0 aromatic heterocycles. The molecule has 0 N–H and O–H groups in total. The molecule has 0 aliphatic heterocycles. The molecule has 0 unspecified atom stereocenters. The van der Waals surface area contributed by atoms with Gasteiger partial charge >= 0.3 is 11.5 Å². The van der Waals surface area contributed by atoms with Gasteiger partial charge in [0, 0.05) is 5.75 Å². The number of rotatable bonds is 4. The molecular formula is C8H9F3O2S. The smallest absolute Gasteiger partial charge is 0.441 e. The van der Waals surface area contributed by atoms with Gasteiger partial charge in [-0.1, -0.05) is 17.7 Å². The van der Waals surface area contributed by atoms with E-state index in [0.717, 1.165) is 0 Å². The van der Waals surface area contributed by atoms with Gasteiger partial charge in [-0.2, -0.15) is 13.2 Å². The molecule has 0 saturated carbocycles. The summed E-state index contributed by atoms with van der Waals surface area (Å²) in [4.78, 5) is 10.7. The topological polar surface area (TPSA) is 26.3 Å². The zero-order chi connectivity index (χ0) is 11.0. The number of halogens is 3. The van der Waals surface area contributed by atoms with Crippen molar-refractivity contribution in [1.29, 1.82) is 0 Å². The Labute approximate surface area is 84.2 Å². The molecule has 14 heavy (non-hydrogen) atoms. The maximum atomic E-state index is 11.6. The Morgan fingerprint density at radius 3 is 2.64 bits per heavy atom. The van der Waals surface area contributed by atoms with Gasteiger partial charge in [0.05, 0.1) is 6.42 Å². The number of hydrogen-bond donors (Lipinski definition) is 0. The predicted molar refractivity (Wildman–Crippen MR) is 47.5 cm³/mol. The van der Waals surface area contributed by atoms with Gasteiger partial charge in [-0.25, -0.2) is 0 Å². The lowest BCUT2D eigenvalue weighted by Crippen LogP contribution is -2.08. The Morgan fingerprint density at radius 1 is 1.50 bits per heavy atom. The van der Waals surface area contributed by atoms with Crippen LogP contribution in [0.5, 0.6) is 0 Å². The van der Waals surface area contributed by atoms with Crippen LogP contribution in [-0.2, 0) is 9.53 Å². The number of carbonyl (C=O) groups is 1. The Hall–Kier alpha value is -0.830. The van der Waals surface area contributed by atoms with Crippen LogP contribution in [-0.4, -0.2) is 23.8 Å². The highest BCUT2D eigenvalue weighted by Crippen LogP contribution is 2.30. The second-order valence-corrected chi connectivity index (χ2v) is 3.29. The van der Waals surface area contributed by atoms with Gasteiger partial charge in [-0.15, -0.1) is 5.92 Å². The van der Waals surface area contributed by atoms with Crippen LogP contribution in [0.3, 0.4) is 0 Å². The molecule has 2 nitrogen and oxygen atoms in total. The van der Waals surface area contributed by atoms with Gasteiger partial charge in [0.1, 0.15) is 0 Å². The van der Waals surface area contributed by atoms with E-state index in [2.05, 4.69) is 16.6 Å². The summed E-state index contributed by atoms with van der Waals surface area (Å²) in [6.45, 7) is 1.51. The third-order valence-corrected chi connectivity index (χ3v) is 1.79. The van der Waals surface area contributed by atoms with Crippen molar-refractivity contribution in [2.75, 3.05) is 12.4 Å². The van der Waals surface area contributed by atoms with Crippen molar-refractivity contribution in [2.45, 2.75) is 18.9 Å². The summed E-state index contributed by atoms with van der Waals surface area (Å²) >= 11 is -0.236. The molecule has 0 radical (unpaired) electrons. The molecule has 0 aromatic carbocycles. The van der Waals surface area contributed by atoms with E-state index in [0.29, 0.717) is 0 Å². The first kappa shape index (κ1) is 13.2. The largest absolute Gasteiger partial charge is 0.452 e. The minimum atomic E-state index is -4.29. The zero-order valence-corrected chi connectivity index (χ0v) is 8.30. The summed E-state index contributed by atoms with van der Waals surface area (Å²) in [6.07, 6.45) is -0.254. The third-order valence-electron chi connectivity index (χ3n) is 1.05. The molecule has 0 saturated heterocycles. The van der Waals surface area contributed by atoms with Crippen LogP contribution < -0.4 is 0 Å². The van der Waals surface area contributed by atoms with Crippen molar-refractivity contribution < 1.29 is 22.7 Å². The van der Waals surface area contributed by atoms with E-state index >= 15 is 0 Å². The Morgan fingerprint density at radius 2 is 2.14 bits per heavy atom. The van der Waals surface area contributed by atoms with Crippen LogP contribution in [0.4, 0.5) is 13.2 Å². The van der Waals surface area contributed by atoms with Crippen molar-refractivity contribution in [3.05, 3.63) is 0 Å². The Kier molecular flexibility index (Phi) is 6.21. The molecule has 0 spiro atoms. The lowest BCUT2D eigenvalue weighted by molar-refractivity contribution is -0.141. The van der Waals surface area contributed by atoms with E-state index < -0.39 is 11.5 Å². The summed E-state index contributed by atoms with van der Waals surface area (Å²) in [5.41, 5.74) is -4.29. The standard InChI is InChI=1S/C8H9F3O2S/c1-2-3-5-13-7(12)4-6-14-8(9,10)11/h4-6H2,1H3. The molecule has 6 heteroatoms. The first-order valence-electron chi connectivity index (χ1n) is 3.71. The minimum absolute atomic E-state index is 0.0635. The predicted octanol–water partition coefficient (Wildman–Crippen LogP) is 2.20. The first-order chi connectivity index (χ1) is 6.45. The second-order valence-electron chi connectivity index (χ2n) is 2.13. The normalized spacial score (nSPS) is 10.3. The average Bonchev–Trinajstić information content (AvgIpc) is 2.02. The van der Waals surface area contributed by atoms with Crippen molar-refractivity contribution in [1.82, 2.24) is 0 Å². The maximum Gasteiger partial charge on any atom is 0.441 e. The van der Waals surface area contributed by atoms with Gasteiger partial charge in [0.2, 0.25) is 0 Å². The van der Waals surface area contributed by atoms with Gasteiger partial charge in [0.15, 0.2) is 6.61 Å². The summed E-state index contributed by atoms with van der Waals surface area (Å²) < 4.78 is 39.3. The SMILES string of the molecule is CC#CCOC(=O)CCSC(F)(F)F. The van der Waals surface area contributed by atoms with Gasteiger partial charge in [0.25, 0.3) is 0 Å². The Balaban J connectivity index is 3.48. The second kappa shape index (κ2) is 6.60. The first-order valence-corrected chi connectivity index (χ1v) is 4.70. The van der Waals surface area contributed by atoms with E-state index in [1.165, 1.54) is 0 Å². The number of alkyl halides is 3. The number of hydrogen-bond acceptors (Lipinski definition) is 3. The summed E-state index contributed by atoms with van der Waals surface area (Å²) in [7, 11) is 0. The van der Waals surface area contributed by atoms with Gasteiger partial charge in [-0.05, 0) is 6.92 Å². The molecule has 0 rings (SSSR count). The van der Waals surface area contributed by atoms with E-state index in [9.17, 15) is 18.0 Å². The number of esters is 1. The molecule has 0 amide bonds. The zero-order valence-electron chi connectivity index (χ0n) is 7.48. The average molecular weight is 226 g/mol. The van der Waals surface area contributed by atoms with Crippen LogP contribution in [0.2, 0.25) is 0 Å². The highest BCUT2D eigenvalue weighted by atomic mass is 32.2. The highest BCUT2D eigenvalue weighted by Gasteiger charge is 2.27. The fourth-order valence-electron chi connectivity index (χ4n) is 0.511. The third kappa shape index (κ3) is 9.26. The van der Waals surface area contributed by atoms with Crippen LogP contribution in [0, 0.1) is 11.8 Å². The molecule has 0 aliphatic rings. The molecule has 0 atom stereocenters. The van der Waals surface area contributed by atoms with Crippen molar-refractivity contribution in [3.8, 4) is 11.8 Å². The number of ether oxygens (including phenoxy) is 1. The van der Waals surface area contributed by atoms with E-state index in [1.807, 2.05) is 0 Å². The summed E-state index contributed by atoms with van der Waals surface area (Å²) in [5.74, 6) is 3.97. The fraction of sp³-hybridized carbons (Fsp3) is 0.625. The molecule has 0 aliphatic carbocycles. The molecular weight excluding hydrogens is 217 g/mol. The van der Waals surface area contributed by atoms with Crippen LogP contribution >= 0.6 is 11.8 Å². The monoisotopic (exact) mass is 226 g/mol. The molecule has 0 bridgehead atoms. The lowest BCUT2D eigenvalue weighted by atomic mass is 10.5. The molecule has 0 heterocycles. The van der Waals surface area contributed by atoms with Gasteiger partial charge in [-0.3, -0.25) is 4.79 Å². The number of carbonyl (C=O) groups excluding carboxylic acids is 1. The molecule has 0 aromatic rings. The maximum absolute atomic E-state index is 11.6. The highest BCUT2D eigenvalue weighted by molar-refractivity contribution is 8.00. The fourth-order valence-corrected chi connectivity index (χ4v) is 1.01. The van der Waals surface area contributed by atoms with Crippen LogP contribution in [0.1, 0.15) is 13.3 Å². The van der Waals surface area contributed by atoms with Crippen molar-refractivity contribution >= 4 is 17.7 Å². The summed E-state index contributed by atoms with van der Waals surface area (Å²) in [6, 6.07) is 0. The van der Waals surface area contributed by atoms with E-state index in [1.54, 1.807) is 6.92 Å². The van der Waals surface area contributed by atoms with Crippen LogP contribution in [0.15, 0.2) is 0 Å².